The van der Waals surface area contributed by atoms with E-state index in [4.69, 9.17) is 0 Å². The molecule has 2 unspecified atom stereocenters. The minimum Gasteiger partial charge on any atom is -0.435 e. The molecular formula is C23H22F2N2O2. The molecule has 29 heavy (non-hydrogen) atoms. The first-order valence-electron chi connectivity index (χ1n) is 9.24. The average Bonchev–Trinajstić information content (AvgIpc) is 2.73. The number of hydrogen-bond donors (Lipinski definition) is 2. The van der Waals surface area contributed by atoms with Gasteiger partial charge in [0.25, 0.3) is 0 Å². The van der Waals surface area contributed by atoms with Gasteiger partial charge in [0, 0.05) is 11.7 Å². The van der Waals surface area contributed by atoms with E-state index in [1.54, 1.807) is 12.1 Å². The molecule has 0 aliphatic carbocycles. The van der Waals surface area contributed by atoms with Crippen molar-refractivity contribution >= 4 is 11.6 Å². The standard InChI is InChI=1S/C23H22F2N2O2/c1-16(17-12-14-20(15-13-17)29-23(24)25)26-21(18-8-4-2-5-9-18)22(28)27-19-10-6-3-7-11-19/h2-16,21,23,26H,1H3,(H,27,28). The molecule has 6 heteroatoms. The van der Waals surface area contributed by atoms with Gasteiger partial charge in [-0.2, -0.15) is 8.78 Å². The zero-order valence-corrected chi connectivity index (χ0v) is 15.9. The first-order chi connectivity index (χ1) is 14.0. The molecule has 0 aliphatic rings. The lowest BCUT2D eigenvalue weighted by atomic mass is 10.0. The van der Waals surface area contributed by atoms with E-state index in [2.05, 4.69) is 15.4 Å². The van der Waals surface area contributed by atoms with Crippen LogP contribution in [0.15, 0.2) is 84.9 Å². The molecule has 0 bridgehead atoms. The topological polar surface area (TPSA) is 50.4 Å². The zero-order chi connectivity index (χ0) is 20.6. The van der Waals surface area contributed by atoms with Crippen LogP contribution in [0.25, 0.3) is 0 Å². The van der Waals surface area contributed by atoms with Crippen molar-refractivity contribution in [2.24, 2.45) is 0 Å². The number of rotatable bonds is 8. The Morgan fingerprint density at radius 2 is 1.41 bits per heavy atom. The second kappa shape index (κ2) is 9.80. The fourth-order valence-electron chi connectivity index (χ4n) is 2.99. The van der Waals surface area contributed by atoms with Crippen LogP contribution < -0.4 is 15.4 Å². The lowest BCUT2D eigenvalue weighted by Gasteiger charge is -2.24. The Morgan fingerprint density at radius 3 is 2.00 bits per heavy atom. The molecule has 0 aliphatic heterocycles. The highest BCUT2D eigenvalue weighted by Crippen LogP contribution is 2.23. The molecule has 0 spiro atoms. The van der Waals surface area contributed by atoms with Crippen molar-refractivity contribution < 1.29 is 18.3 Å². The molecule has 3 rings (SSSR count). The van der Waals surface area contributed by atoms with Gasteiger partial charge in [0.15, 0.2) is 0 Å². The van der Waals surface area contributed by atoms with Crippen molar-refractivity contribution in [1.29, 1.82) is 0 Å². The summed E-state index contributed by atoms with van der Waals surface area (Å²) in [6.45, 7) is -0.949. The normalized spacial score (nSPS) is 13.0. The molecule has 0 aromatic heterocycles. The number of amides is 1. The third-order valence-electron chi connectivity index (χ3n) is 4.46. The van der Waals surface area contributed by atoms with E-state index in [-0.39, 0.29) is 17.7 Å². The maximum atomic E-state index is 13.0. The summed E-state index contributed by atoms with van der Waals surface area (Å²) >= 11 is 0. The molecule has 0 radical (unpaired) electrons. The van der Waals surface area contributed by atoms with Crippen LogP contribution in [-0.2, 0) is 4.79 Å². The van der Waals surface area contributed by atoms with Crippen LogP contribution in [0.4, 0.5) is 14.5 Å². The number of hydrogen-bond acceptors (Lipinski definition) is 3. The summed E-state index contributed by atoms with van der Waals surface area (Å²) in [6, 6.07) is 24.2. The highest BCUT2D eigenvalue weighted by atomic mass is 19.3. The minimum absolute atomic E-state index is 0.0948. The van der Waals surface area contributed by atoms with Gasteiger partial charge in [-0.25, -0.2) is 0 Å². The molecule has 2 atom stereocenters. The smallest absolute Gasteiger partial charge is 0.387 e. The van der Waals surface area contributed by atoms with Crippen molar-refractivity contribution in [3.8, 4) is 5.75 Å². The third-order valence-corrected chi connectivity index (χ3v) is 4.46. The number of nitrogens with one attached hydrogen (secondary N) is 2. The van der Waals surface area contributed by atoms with Gasteiger partial charge in [0.05, 0.1) is 0 Å². The Bertz CT molecular complexity index is 903. The highest BCUT2D eigenvalue weighted by molar-refractivity contribution is 5.95. The monoisotopic (exact) mass is 396 g/mol. The molecule has 1 amide bonds. The first-order valence-corrected chi connectivity index (χ1v) is 9.24. The zero-order valence-electron chi connectivity index (χ0n) is 15.9. The summed E-state index contributed by atoms with van der Waals surface area (Å²) in [5, 5.41) is 6.25. The molecule has 2 N–H and O–H groups in total. The summed E-state index contributed by atoms with van der Waals surface area (Å²) in [4.78, 5) is 13.0. The summed E-state index contributed by atoms with van der Waals surface area (Å²) < 4.78 is 29.0. The molecule has 3 aromatic carbocycles. The molecule has 4 nitrogen and oxygen atoms in total. The summed E-state index contributed by atoms with van der Waals surface area (Å²) in [5.74, 6) is -0.0933. The Balaban J connectivity index is 1.76. The van der Waals surface area contributed by atoms with Gasteiger partial charge >= 0.3 is 6.61 Å². The lowest BCUT2D eigenvalue weighted by molar-refractivity contribution is -0.118. The van der Waals surface area contributed by atoms with Gasteiger partial charge in [-0.15, -0.1) is 0 Å². The van der Waals surface area contributed by atoms with E-state index in [1.807, 2.05) is 67.6 Å². The number of carbonyl (C=O) groups is 1. The largest absolute Gasteiger partial charge is 0.435 e. The van der Waals surface area contributed by atoms with Crippen LogP contribution in [0.1, 0.15) is 30.1 Å². The van der Waals surface area contributed by atoms with E-state index in [0.29, 0.717) is 5.69 Å². The van der Waals surface area contributed by atoms with Crippen molar-refractivity contribution in [1.82, 2.24) is 5.32 Å². The fraction of sp³-hybridized carbons (Fsp3) is 0.174. The number of benzene rings is 3. The molecule has 0 saturated carbocycles. The number of para-hydroxylation sites is 1. The molecule has 0 fully saturated rings. The van der Waals surface area contributed by atoms with Gasteiger partial charge in [-0.1, -0.05) is 60.7 Å². The van der Waals surface area contributed by atoms with Crippen molar-refractivity contribution in [2.45, 2.75) is 25.6 Å². The summed E-state index contributed by atoms with van der Waals surface area (Å²) in [6.07, 6.45) is 0. The predicted molar refractivity (Wildman–Crippen MR) is 109 cm³/mol. The van der Waals surface area contributed by atoms with E-state index >= 15 is 0 Å². The fourth-order valence-corrected chi connectivity index (χ4v) is 2.99. The number of ether oxygens (including phenoxy) is 1. The Kier molecular flexibility index (Phi) is 6.92. The van der Waals surface area contributed by atoms with Crippen LogP contribution >= 0.6 is 0 Å². The molecule has 3 aromatic rings. The molecule has 0 heterocycles. The van der Waals surface area contributed by atoms with Gasteiger partial charge in [0.1, 0.15) is 11.8 Å². The average molecular weight is 396 g/mol. The highest BCUT2D eigenvalue weighted by Gasteiger charge is 2.23. The van der Waals surface area contributed by atoms with Gasteiger partial charge in [-0.05, 0) is 42.3 Å². The van der Waals surface area contributed by atoms with Gasteiger partial charge in [-0.3, -0.25) is 10.1 Å². The van der Waals surface area contributed by atoms with Gasteiger partial charge in [0.2, 0.25) is 5.91 Å². The second-order valence-corrected chi connectivity index (χ2v) is 6.53. The Morgan fingerprint density at radius 1 is 0.828 bits per heavy atom. The van der Waals surface area contributed by atoms with Crippen molar-refractivity contribution in [3.05, 3.63) is 96.1 Å². The van der Waals surface area contributed by atoms with E-state index < -0.39 is 12.7 Å². The maximum Gasteiger partial charge on any atom is 0.387 e. The summed E-state index contributed by atoms with van der Waals surface area (Å²) in [7, 11) is 0. The third kappa shape index (κ3) is 5.86. The van der Waals surface area contributed by atoms with E-state index in [9.17, 15) is 13.6 Å². The van der Waals surface area contributed by atoms with Crippen molar-refractivity contribution in [3.63, 3.8) is 0 Å². The van der Waals surface area contributed by atoms with Crippen LogP contribution in [0, 0.1) is 0 Å². The summed E-state index contributed by atoms with van der Waals surface area (Å²) in [5.41, 5.74) is 2.38. The van der Waals surface area contributed by atoms with Crippen molar-refractivity contribution in [2.75, 3.05) is 5.32 Å². The molecule has 0 saturated heterocycles. The number of anilines is 1. The van der Waals surface area contributed by atoms with E-state index in [1.165, 1.54) is 12.1 Å². The minimum atomic E-state index is -2.86. The van der Waals surface area contributed by atoms with Crippen LogP contribution in [0.3, 0.4) is 0 Å². The second-order valence-electron chi connectivity index (χ2n) is 6.53. The van der Waals surface area contributed by atoms with Crippen LogP contribution in [0.5, 0.6) is 5.75 Å². The predicted octanol–water partition coefficient (Wildman–Crippen LogP) is 5.32. The Hall–Kier alpha value is -3.25. The quantitative estimate of drug-likeness (QED) is 0.542. The number of alkyl halides is 2. The van der Waals surface area contributed by atoms with Crippen LogP contribution in [0.2, 0.25) is 0 Å². The van der Waals surface area contributed by atoms with Gasteiger partial charge < -0.3 is 10.1 Å². The van der Waals surface area contributed by atoms with Crippen LogP contribution in [-0.4, -0.2) is 12.5 Å². The Labute approximate surface area is 168 Å². The lowest BCUT2D eigenvalue weighted by Crippen LogP contribution is -2.34. The first kappa shape index (κ1) is 20.5. The van der Waals surface area contributed by atoms with E-state index in [0.717, 1.165) is 11.1 Å². The molecular weight excluding hydrogens is 374 g/mol. The molecule has 150 valence electrons. The SMILES string of the molecule is CC(NC(C(=O)Nc1ccccc1)c1ccccc1)c1ccc(OC(F)F)cc1. The maximum absolute atomic E-state index is 13.0. The number of halogens is 2. The number of carbonyl (C=O) groups excluding carboxylic acids is 1.